The molecule has 0 unspecified atom stereocenters. The van der Waals surface area contributed by atoms with Crippen LogP contribution in [0.1, 0.15) is 12.8 Å². The number of guanidine groups is 1. The van der Waals surface area contributed by atoms with Gasteiger partial charge in [0.05, 0.1) is 0 Å². The molecule has 3 N–H and O–H groups in total. The first-order valence-electron chi connectivity index (χ1n) is 3.38. The van der Waals surface area contributed by atoms with E-state index in [1.165, 1.54) is 0 Å². The summed E-state index contributed by atoms with van der Waals surface area (Å²) >= 11 is 0. The lowest BCUT2D eigenvalue weighted by atomic mass is 10.3. The molecule has 0 amide bonds. The minimum atomic E-state index is 0.504. The van der Waals surface area contributed by atoms with Crippen LogP contribution in [-0.2, 0) is 0 Å². The molecule has 0 saturated carbocycles. The number of rotatable bonds is 4. The number of allylic oxidation sites excluding steroid dienone is 1. The molecule has 0 heterocycles. The highest BCUT2D eigenvalue weighted by Gasteiger charge is 1.85. The van der Waals surface area contributed by atoms with Gasteiger partial charge in [0.2, 0.25) is 0 Å². The second-order valence-electron chi connectivity index (χ2n) is 1.97. The van der Waals surface area contributed by atoms with Crippen molar-refractivity contribution in [2.24, 2.45) is 10.7 Å². The molecule has 0 rings (SSSR count). The molecule has 3 nitrogen and oxygen atoms in total. The number of aliphatic imine (C=N–C) groups is 1. The van der Waals surface area contributed by atoms with Crippen molar-refractivity contribution < 1.29 is 0 Å². The predicted molar refractivity (Wildman–Crippen MR) is 45.0 cm³/mol. The van der Waals surface area contributed by atoms with Crippen LogP contribution in [-0.4, -0.2) is 19.6 Å². The van der Waals surface area contributed by atoms with Gasteiger partial charge in [-0.2, -0.15) is 0 Å². The molecule has 3 heteroatoms. The molecule has 0 aromatic heterocycles. The van der Waals surface area contributed by atoms with Crippen molar-refractivity contribution in [2.45, 2.75) is 12.8 Å². The van der Waals surface area contributed by atoms with Gasteiger partial charge < -0.3 is 11.1 Å². The number of nitrogens with one attached hydrogen (secondary N) is 1. The normalized spacial score (nSPS) is 11.1. The van der Waals surface area contributed by atoms with Crippen LogP contribution < -0.4 is 11.1 Å². The molecule has 0 aliphatic rings. The van der Waals surface area contributed by atoms with Gasteiger partial charge in [0, 0.05) is 13.6 Å². The van der Waals surface area contributed by atoms with Gasteiger partial charge in [0.1, 0.15) is 0 Å². The molecule has 0 bridgehead atoms. The zero-order chi connectivity index (χ0) is 7.82. The molecule has 0 atom stereocenters. The Morgan fingerprint density at radius 3 is 3.00 bits per heavy atom. The summed E-state index contributed by atoms with van der Waals surface area (Å²) in [6.07, 6.45) is 3.96. The Kier molecular flexibility index (Phi) is 5.53. The molecular formula is C7H15N3. The topological polar surface area (TPSA) is 50.4 Å². The van der Waals surface area contributed by atoms with Crippen LogP contribution in [0.3, 0.4) is 0 Å². The van der Waals surface area contributed by atoms with E-state index in [9.17, 15) is 0 Å². The molecule has 0 aliphatic carbocycles. The first-order chi connectivity index (χ1) is 4.81. The van der Waals surface area contributed by atoms with E-state index in [2.05, 4.69) is 16.9 Å². The van der Waals surface area contributed by atoms with E-state index in [-0.39, 0.29) is 0 Å². The molecule has 0 spiro atoms. The van der Waals surface area contributed by atoms with Crippen molar-refractivity contribution in [3.05, 3.63) is 12.7 Å². The van der Waals surface area contributed by atoms with Gasteiger partial charge in [-0.1, -0.05) is 6.08 Å². The van der Waals surface area contributed by atoms with E-state index >= 15 is 0 Å². The summed E-state index contributed by atoms with van der Waals surface area (Å²) in [5.41, 5.74) is 5.37. The second-order valence-corrected chi connectivity index (χ2v) is 1.97. The minimum Gasteiger partial charge on any atom is -0.370 e. The molecule has 0 fully saturated rings. The lowest BCUT2D eigenvalue weighted by Gasteiger charge is -2.01. The van der Waals surface area contributed by atoms with Crippen LogP contribution in [0.15, 0.2) is 17.6 Å². The van der Waals surface area contributed by atoms with Gasteiger partial charge >= 0.3 is 0 Å². The van der Waals surface area contributed by atoms with Crippen molar-refractivity contribution >= 4 is 5.96 Å². The van der Waals surface area contributed by atoms with Crippen molar-refractivity contribution in [1.82, 2.24) is 5.32 Å². The Labute approximate surface area is 62.0 Å². The van der Waals surface area contributed by atoms with Gasteiger partial charge in [-0.25, -0.2) is 0 Å². The average Bonchev–Trinajstić information content (AvgIpc) is 1.98. The van der Waals surface area contributed by atoms with Crippen molar-refractivity contribution in [1.29, 1.82) is 0 Å². The minimum absolute atomic E-state index is 0.504. The number of hydrogen-bond donors (Lipinski definition) is 2. The summed E-state index contributed by atoms with van der Waals surface area (Å²) < 4.78 is 0. The lowest BCUT2D eigenvalue weighted by Crippen LogP contribution is -2.31. The smallest absolute Gasteiger partial charge is 0.188 e. The Bertz CT molecular complexity index is 118. The van der Waals surface area contributed by atoms with Gasteiger partial charge in [-0.05, 0) is 12.8 Å². The summed E-state index contributed by atoms with van der Waals surface area (Å²) in [5.74, 6) is 0.504. The number of nitrogens with two attached hydrogens (primary N) is 1. The van der Waals surface area contributed by atoms with E-state index in [4.69, 9.17) is 5.73 Å². The Morgan fingerprint density at radius 2 is 2.50 bits per heavy atom. The van der Waals surface area contributed by atoms with E-state index in [1.54, 1.807) is 7.05 Å². The SMILES string of the molecule is C=CCCCNC(N)=NC. The highest BCUT2D eigenvalue weighted by Crippen LogP contribution is 1.84. The molecule has 0 aliphatic heterocycles. The number of unbranched alkanes of at least 4 members (excludes halogenated alkanes) is 1. The fraction of sp³-hybridized carbons (Fsp3) is 0.571. The summed E-state index contributed by atoms with van der Waals surface area (Å²) in [6.45, 7) is 4.48. The monoisotopic (exact) mass is 141 g/mol. The van der Waals surface area contributed by atoms with Crippen LogP contribution in [0, 0.1) is 0 Å². The van der Waals surface area contributed by atoms with Crippen molar-refractivity contribution in [3.8, 4) is 0 Å². The second kappa shape index (κ2) is 6.13. The lowest BCUT2D eigenvalue weighted by molar-refractivity contribution is 0.784. The Morgan fingerprint density at radius 1 is 1.80 bits per heavy atom. The quantitative estimate of drug-likeness (QED) is 0.259. The summed E-state index contributed by atoms with van der Waals surface area (Å²) in [4.78, 5) is 3.74. The Balaban J connectivity index is 3.11. The van der Waals surface area contributed by atoms with Gasteiger partial charge in [0.15, 0.2) is 5.96 Å². The maximum Gasteiger partial charge on any atom is 0.188 e. The third kappa shape index (κ3) is 5.15. The zero-order valence-corrected chi connectivity index (χ0v) is 6.43. The highest BCUT2D eigenvalue weighted by atomic mass is 15.1. The molecular weight excluding hydrogens is 126 g/mol. The van der Waals surface area contributed by atoms with Crippen molar-refractivity contribution in [3.63, 3.8) is 0 Å². The maximum atomic E-state index is 5.37. The van der Waals surface area contributed by atoms with E-state index < -0.39 is 0 Å². The standard InChI is InChI=1S/C7H15N3/c1-3-4-5-6-10-7(8)9-2/h3H,1,4-6H2,2H3,(H3,8,9,10). The molecule has 58 valence electrons. The molecule has 0 aromatic carbocycles. The fourth-order valence-electron chi connectivity index (χ4n) is 0.542. The molecule has 0 saturated heterocycles. The largest absolute Gasteiger partial charge is 0.370 e. The Hall–Kier alpha value is -0.990. The van der Waals surface area contributed by atoms with Crippen LogP contribution in [0.4, 0.5) is 0 Å². The van der Waals surface area contributed by atoms with Gasteiger partial charge in [0.25, 0.3) is 0 Å². The summed E-state index contributed by atoms with van der Waals surface area (Å²) in [7, 11) is 1.66. The zero-order valence-electron chi connectivity index (χ0n) is 6.43. The summed E-state index contributed by atoms with van der Waals surface area (Å²) in [6, 6.07) is 0. The predicted octanol–water partition coefficient (Wildman–Crippen LogP) is 0.487. The van der Waals surface area contributed by atoms with E-state index in [0.717, 1.165) is 19.4 Å². The first kappa shape index (κ1) is 9.01. The molecule has 0 aromatic rings. The van der Waals surface area contributed by atoms with Crippen LogP contribution >= 0.6 is 0 Å². The van der Waals surface area contributed by atoms with Crippen LogP contribution in [0.25, 0.3) is 0 Å². The maximum absolute atomic E-state index is 5.37. The van der Waals surface area contributed by atoms with Gasteiger partial charge in [-0.3, -0.25) is 4.99 Å². The number of nitrogens with zero attached hydrogens (tertiary/aromatic N) is 1. The molecule has 10 heavy (non-hydrogen) atoms. The van der Waals surface area contributed by atoms with Crippen LogP contribution in [0.5, 0.6) is 0 Å². The first-order valence-corrected chi connectivity index (χ1v) is 3.38. The van der Waals surface area contributed by atoms with Crippen LogP contribution in [0.2, 0.25) is 0 Å². The average molecular weight is 141 g/mol. The fourth-order valence-corrected chi connectivity index (χ4v) is 0.542. The third-order valence-electron chi connectivity index (χ3n) is 1.13. The highest BCUT2D eigenvalue weighted by molar-refractivity contribution is 5.77. The van der Waals surface area contributed by atoms with E-state index in [1.807, 2.05) is 6.08 Å². The third-order valence-corrected chi connectivity index (χ3v) is 1.13. The van der Waals surface area contributed by atoms with E-state index in [0.29, 0.717) is 5.96 Å². The van der Waals surface area contributed by atoms with Crippen molar-refractivity contribution in [2.75, 3.05) is 13.6 Å². The molecule has 0 radical (unpaired) electrons. The number of hydrogen-bond acceptors (Lipinski definition) is 1. The van der Waals surface area contributed by atoms with Gasteiger partial charge in [-0.15, -0.1) is 6.58 Å². The summed E-state index contributed by atoms with van der Waals surface area (Å²) in [5, 5.41) is 2.95.